The van der Waals surface area contributed by atoms with Gasteiger partial charge in [0, 0.05) is 11.6 Å². The van der Waals surface area contributed by atoms with Crippen LogP contribution in [0.5, 0.6) is 0 Å². The second kappa shape index (κ2) is 4.72. The van der Waals surface area contributed by atoms with Crippen molar-refractivity contribution < 1.29 is 8.78 Å². The molecular weight excluding hydrogens is 238 g/mol. The summed E-state index contributed by atoms with van der Waals surface area (Å²) in [7, 11) is 0. The molecule has 0 saturated carbocycles. The minimum Gasteiger partial charge on any atom is -0.207 e. The Balaban J connectivity index is 2.40. The minimum atomic E-state index is -0.629. The monoisotopic (exact) mass is 248 g/mol. The number of rotatable bonds is 2. The summed E-state index contributed by atoms with van der Waals surface area (Å²) in [6.07, 6.45) is 0. The maximum Gasteiger partial charge on any atom is 0.134 e. The number of hydrogen-bond donors (Lipinski definition) is 0. The SMILES string of the molecule is Cc1ccc(C(=S)c2ccc(F)cc2F)cc1. The molecule has 0 aliphatic heterocycles. The maximum atomic E-state index is 13.5. The third-order valence-corrected chi connectivity index (χ3v) is 2.95. The summed E-state index contributed by atoms with van der Waals surface area (Å²) >= 11 is 5.20. The lowest BCUT2D eigenvalue weighted by molar-refractivity contribution is 0.582. The van der Waals surface area contributed by atoms with Crippen LogP contribution < -0.4 is 0 Å². The molecule has 0 atom stereocenters. The van der Waals surface area contributed by atoms with Crippen molar-refractivity contribution in [1.29, 1.82) is 0 Å². The van der Waals surface area contributed by atoms with Gasteiger partial charge in [-0.2, -0.15) is 0 Å². The Labute approximate surface area is 104 Å². The molecule has 0 saturated heterocycles. The number of halogens is 2. The van der Waals surface area contributed by atoms with Crippen LogP contribution in [0.4, 0.5) is 8.78 Å². The van der Waals surface area contributed by atoms with E-state index in [1.54, 1.807) is 0 Å². The lowest BCUT2D eigenvalue weighted by atomic mass is 10.0. The van der Waals surface area contributed by atoms with Crippen molar-refractivity contribution in [2.45, 2.75) is 6.92 Å². The molecule has 2 rings (SSSR count). The zero-order valence-corrected chi connectivity index (χ0v) is 10.0. The first-order valence-electron chi connectivity index (χ1n) is 5.14. The van der Waals surface area contributed by atoms with Gasteiger partial charge in [0.1, 0.15) is 11.6 Å². The normalized spacial score (nSPS) is 10.3. The van der Waals surface area contributed by atoms with Gasteiger partial charge < -0.3 is 0 Å². The standard InChI is InChI=1S/C14H10F2S/c1-9-2-4-10(5-3-9)14(17)12-7-6-11(15)8-13(12)16/h2-8H,1H3. The fourth-order valence-corrected chi connectivity index (χ4v) is 1.84. The molecule has 0 bridgehead atoms. The quantitative estimate of drug-likeness (QED) is 0.571. The molecule has 2 aromatic carbocycles. The summed E-state index contributed by atoms with van der Waals surface area (Å²) in [5.74, 6) is -1.23. The number of aryl methyl sites for hydroxylation is 1. The highest BCUT2D eigenvalue weighted by atomic mass is 32.1. The van der Waals surface area contributed by atoms with Gasteiger partial charge in [-0.1, -0.05) is 42.0 Å². The van der Waals surface area contributed by atoms with Crippen molar-refractivity contribution in [1.82, 2.24) is 0 Å². The Morgan fingerprint density at radius 2 is 1.65 bits per heavy atom. The van der Waals surface area contributed by atoms with Gasteiger partial charge in [0.15, 0.2) is 0 Å². The molecular formula is C14H10F2S. The largest absolute Gasteiger partial charge is 0.207 e. The van der Waals surface area contributed by atoms with E-state index >= 15 is 0 Å². The molecule has 3 heteroatoms. The highest BCUT2D eigenvalue weighted by Gasteiger charge is 2.10. The fraction of sp³-hybridized carbons (Fsp3) is 0.0714. The third-order valence-electron chi connectivity index (χ3n) is 2.49. The van der Waals surface area contributed by atoms with Gasteiger partial charge in [0.05, 0.1) is 4.86 Å². The second-order valence-corrected chi connectivity index (χ2v) is 4.23. The van der Waals surface area contributed by atoms with Gasteiger partial charge in [-0.05, 0) is 24.6 Å². The zero-order chi connectivity index (χ0) is 12.4. The first-order chi connectivity index (χ1) is 8.08. The molecule has 0 amide bonds. The lowest BCUT2D eigenvalue weighted by Gasteiger charge is -2.06. The summed E-state index contributed by atoms with van der Waals surface area (Å²) in [6, 6.07) is 10.9. The van der Waals surface area contributed by atoms with Gasteiger partial charge in [-0.3, -0.25) is 0 Å². The molecule has 0 N–H and O–H groups in total. The van der Waals surface area contributed by atoms with Crippen LogP contribution in [-0.2, 0) is 0 Å². The Hall–Kier alpha value is -1.61. The Morgan fingerprint density at radius 3 is 2.24 bits per heavy atom. The van der Waals surface area contributed by atoms with Gasteiger partial charge in [-0.15, -0.1) is 0 Å². The number of hydrogen-bond acceptors (Lipinski definition) is 1. The maximum absolute atomic E-state index is 13.5. The van der Waals surface area contributed by atoms with Gasteiger partial charge in [-0.25, -0.2) is 8.78 Å². The molecule has 0 unspecified atom stereocenters. The minimum absolute atomic E-state index is 0.255. The van der Waals surface area contributed by atoms with Crippen LogP contribution in [0.3, 0.4) is 0 Å². The molecule has 2 aromatic rings. The lowest BCUT2D eigenvalue weighted by Crippen LogP contribution is -2.03. The molecule has 0 aliphatic rings. The molecule has 0 radical (unpaired) electrons. The van der Waals surface area contributed by atoms with Gasteiger partial charge in [0.2, 0.25) is 0 Å². The smallest absolute Gasteiger partial charge is 0.134 e. The van der Waals surface area contributed by atoms with E-state index in [4.69, 9.17) is 12.2 Å². The molecule has 0 fully saturated rings. The molecule has 0 nitrogen and oxygen atoms in total. The highest BCUT2D eigenvalue weighted by molar-refractivity contribution is 7.81. The van der Waals surface area contributed by atoms with E-state index in [1.165, 1.54) is 12.1 Å². The van der Waals surface area contributed by atoms with E-state index in [9.17, 15) is 8.78 Å². The van der Waals surface area contributed by atoms with E-state index in [1.807, 2.05) is 31.2 Å². The summed E-state index contributed by atoms with van der Waals surface area (Å²) < 4.78 is 26.3. The van der Waals surface area contributed by atoms with Crippen LogP contribution in [0.15, 0.2) is 42.5 Å². The van der Waals surface area contributed by atoms with E-state index in [-0.39, 0.29) is 5.56 Å². The summed E-state index contributed by atoms with van der Waals surface area (Å²) in [4.78, 5) is 0.391. The molecule has 17 heavy (non-hydrogen) atoms. The Morgan fingerprint density at radius 1 is 1.00 bits per heavy atom. The van der Waals surface area contributed by atoms with Crippen LogP contribution in [-0.4, -0.2) is 4.86 Å². The van der Waals surface area contributed by atoms with Crippen LogP contribution in [0, 0.1) is 18.6 Å². The first kappa shape index (κ1) is 11.9. The van der Waals surface area contributed by atoms with Crippen LogP contribution in [0.25, 0.3) is 0 Å². The van der Waals surface area contributed by atoms with Crippen LogP contribution >= 0.6 is 12.2 Å². The Bertz CT molecular complexity index is 559. The van der Waals surface area contributed by atoms with Crippen molar-refractivity contribution in [3.63, 3.8) is 0 Å². The molecule has 86 valence electrons. The van der Waals surface area contributed by atoms with Gasteiger partial charge in [0.25, 0.3) is 0 Å². The van der Waals surface area contributed by atoms with Crippen molar-refractivity contribution in [2.75, 3.05) is 0 Å². The highest BCUT2D eigenvalue weighted by Crippen LogP contribution is 2.16. The fourth-order valence-electron chi connectivity index (χ4n) is 1.53. The first-order valence-corrected chi connectivity index (χ1v) is 5.55. The third kappa shape index (κ3) is 2.56. The van der Waals surface area contributed by atoms with Crippen LogP contribution in [0.1, 0.15) is 16.7 Å². The zero-order valence-electron chi connectivity index (χ0n) is 9.21. The average Bonchev–Trinajstić information content (AvgIpc) is 2.29. The van der Waals surface area contributed by atoms with Gasteiger partial charge >= 0.3 is 0 Å². The van der Waals surface area contributed by atoms with Crippen molar-refractivity contribution >= 4 is 17.1 Å². The van der Waals surface area contributed by atoms with Crippen molar-refractivity contribution in [3.8, 4) is 0 Å². The number of thiocarbonyl (C=S) groups is 1. The average molecular weight is 248 g/mol. The van der Waals surface area contributed by atoms with E-state index < -0.39 is 11.6 Å². The predicted octanol–water partition coefficient (Wildman–Crippen LogP) is 4.04. The van der Waals surface area contributed by atoms with Crippen LogP contribution in [0.2, 0.25) is 0 Å². The molecule has 0 heterocycles. The van der Waals surface area contributed by atoms with Crippen molar-refractivity contribution in [3.05, 3.63) is 70.8 Å². The predicted molar refractivity (Wildman–Crippen MR) is 68.3 cm³/mol. The van der Waals surface area contributed by atoms with E-state index in [0.717, 1.165) is 17.2 Å². The van der Waals surface area contributed by atoms with E-state index in [0.29, 0.717) is 4.86 Å². The summed E-state index contributed by atoms with van der Waals surface area (Å²) in [5.41, 5.74) is 2.12. The molecule has 0 aromatic heterocycles. The molecule has 0 spiro atoms. The Kier molecular flexibility index (Phi) is 3.29. The second-order valence-electron chi connectivity index (χ2n) is 3.82. The summed E-state index contributed by atoms with van der Waals surface area (Å²) in [6.45, 7) is 1.96. The van der Waals surface area contributed by atoms with E-state index in [2.05, 4.69) is 0 Å². The topological polar surface area (TPSA) is 0 Å². The number of benzene rings is 2. The molecule has 0 aliphatic carbocycles. The van der Waals surface area contributed by atoms with Crippen molar-refractivity contribution in [2.24, 2.45) is 0 Å². The summed E-state index contributed by atoms with van der Waals surface area (Å²) in [5, 5.41) is 0.